The van der Waals surface area contributed by atoms with Crippen LogP contribution in [0.4, 0.5) is 0 Å². The van der Waals surface area contributed by atoms with Crippen LogP contribution in [0.25, 0.3) is 0 Å². The van der Waals surface area contributed by atoms with Crippen molar-refractivity contribution >= 4 is 18.3 Å². The van der Waals surface area contributed by atoms with Gasteiger partial charge in [0.15, 0.2) is 0 Å². The molecule has 1 N–H and O–H groups in total. The van der Waals surface area contributed by atoms with E-state index in [-0.39, 0.29) is 24.4 Å². The van der Waals surface area contributed by atoms with Crippen LogP contribution in [0.2, 0.25) is 0 Å². The van der Waals surface area contributed by atoms with Crippen molar-refractivity contribution < 1.29 is 9.53 Å². The van der Waals surface area contributed by atoms with Gasteiger partial charge in [-0.1, -0.05) is 6.92 Å². The van der Waals surface area contributed by atoms with Crippen LogP contribution in [0, 0.1) is 0 Å². The summed E-state index contributed by atoms with van der Waals surface area (Å²) in [6, 6.07) is 0.421. The summed E-state index contributed by atoms with van der Waals surface area (Å²) in [6.45, 7) is 5.84. The second kappa shape index (κ2) is 8.77. The van der Waals surface area contributed by atoms with Crippen molar-refractivity contribution in [3.05, 3.63) is 0 Å². The molecular formula is C14H27ClN2O2. The predicted molar refractivity (Wildman–Crippen MR) is 78.7 cm³/mol. The van der Waals surface area contributed by atoms with E-state index in [1.807, 2.05) is 0 Å². The van der Waals surface area contributed by atoms with Crippen molar-refractivity contribution in [3.63, 3.8) is 0 Å². The van der Waals surface area contributed by atoms with Gasteiger partial charge in [0.2, 0.25) is 0 Å². The summed E-state index contributed by atoms with van der Waals surface area (Å²) >= 11 is 0. The van der Waals surface area contributed by atoms with Crippen molar-refractivity contribution in [1.82, 2.24) is 10.2 Å². The maximum atomic E-state index is 12.6. The molecule has 4 nitrogen and oxygen atoms in total. The topological polar surface area (TPSA) is 41.6 Å². The number of halogens is 1. The number of rotatable bonds is 4. The molecule has 2 saturated heterocycles. The van der Waals surface area contributed by atoms with Crippen molar-refractivity contribution in [2.24, 2.45) is 0 Å². The number of nitrogens with one attached hydrogen (secondary N) is 1. The normalized spacial score (nSPS) is 24.6. The second-order valence-corrected chi connectivity index (χ2v) is 5.37. The Balaban J connectivity index is 0.00000180. The molecule has 112 valence electrons. The molecule has 2 heterocycles. The molecular weight excluding hydrogens is 264 g/mol. The van der Waals surface area contributed by atoms with Gasteiger partial charge in [-0.15, -0.1) is 12.4 Å². The molecule has 2 fully saturated rings. The number of carbonyl (C=O) groups is 1. The molecule has 0 aromatic heterocycles. The number of amides is 1. The maximum Gasteiger partial charge on any atom is 0.251 e. The van der Waals surface area contributed by atoms with Gasteiger partial charge in [-0.3, -0.25) is 4.79 Å². The van der Waals surface area contributed by atoms with Gasteiger partial charge in [0.05, 0.1) is 0 Å². The Morgan fingerprint density at radius 1 is 1.26 bits per heavy atom. The number of carbonyl (C=O) groups excluding carboxylic acids is 1. The first-order chi connectivity index (χ1) is 8.83. The standard InChI is InChI=1S/C14H26N2O2.ClH/c1-2-10-16(12-6-8-15-9-7-12)14(17)13-5-3-4-11-18-13;/h12-13,15H,2-11H2,1H3;1H. The first-order valence-corrected chi connectivity index (χ1v) is 7.45. The minimum Gasteiger partial charge on any atom is -0.368 e. The molecule has 2 rings (SSSR count). The minimum atomic E-state index is -0.166. The molecule has 0 bridgehead atoms. The number of hydrogen-bond acceptors (Lipinski definition) is 3. The Morgan fingerprint density at radius 2 is 2.00 bits per heavy atom. The van der Waals surface area contributed by atoms with Gasteiger partial charge in [-0.25, -0.2) is 0 Å². The predicted octanol–water partition coefficient (Wildman–Crippen LogP) is 1.97. The smallest absolute Gasteiger partial charge is 0.251 e. The van der Waals surface area contributed by atoms with E-state index in [0.29, 0.717) is 6.04 Å². The fourth-order valence-corrected chi connectivity index (χ4v) is 2.95. The summed E-state index contributed by atoms with van der Waals surface area (Å²) in [5.74, 6) is 0.239. The lowest BCUT2D eigenvalue weighted by Gasteiger charge is -2.37. The van der Waals surface area contributed by atoms with Gasteiger partial charge in [-0.2, -0.15) is 0 Å². The van der Waals surface area contributed by atoms with Gasteiger partial charge in [0.1, 0.15) is 6.10 Å². The fraction of sp³-hybridized carbons (Fsp3) is 0.929. The zero-order valence-corrected chi connectivity index (χ0v) is 12.7. The quantitative estimate of drug-likeness (QED) is 0.861. The lowest BCUT2D eigenvalue weighted by atomic mass is 10.0. The first kappa shape index (κ1) is 16.7. The van der Waals surface area contributed by atoms with Gasteiger partial charge < -0.3 is 15.0 Å². The number of piperidine rings is 1. The van der Waals surface area contributed by atoms with Crippen LogP contribution >= 0.6 is 12.4 Å². The Morgan fingerprint density at radius 3 is 2.58 bits per heavy atom. The molecule has 1 unspecified atom stereocenters. The van der Waals surface area contributed by atoms with Crippen molar-refractivity contribution in [2.75, 3.05) is 26.2 Å². The van der Waals surface area contributed by atoms with E-state index in [1.165, 1.54) is 0 Å². The van der Waals surface area contributed by atoms with Crippen LogP contribution in [0.5, 0.6) is 0 Å². The molecule has 0 aliphatic carbocycles. The van der Waals surface area contributed by atoms with E-state index in [0.717, 1.165) is 64.8 Å². The third kappa shape index (κ3) is 4.62. The van der Waals surface area contributed by atoms with E-state index in [9.17, 15) is 4.79 Å². The second-order valence-electron chi connectivity index (χ2n) is 5.37. The molecule has 1 amide bonds. The Kier molecular flexibility index (Phi) is 7.73. The summed E-state index contributed by atoms with van der Waals surface area (Å²) in [6.07, 6.45) is 6.16. The Labute approximate surface area is 122 Å². The molecule has 0 spiro atoms. The molecule has 1 atom stereocenters. The van der Waals surface area contributed by atoms with Crippen LogP contribution in [-0.4, -0.2) is 49.2 Å². The molecule has 2 aliphatic heterocycles. The molecule has 0 aromatic carbocycles. The summed E-state index contributed by atoms with van der Waals surface area (Å²) in [7, 11) is 0. The summed E-state index contributed by atoms with van der Waals surface area (Å²) in [4.78, 5) is 14.7. The lowest BCUT2D eigenvalue weighted by Crippen LogP contribution is -2.50. The Bertz CT molecular complexity index is 264. The summed E-state index contributed by atoms with van der Waals surface area (Å²) < 4.78 is 5.65. The molecule has 0 radical (unpaired) electrons. The largest absolute Gasteiger partial charge is 0.368 e. The third-order valence-electron chi connectivity index (χ3n) is 3.95. The van der Waals surface area contributed by atoms with Gasteiger partial charge in [0.25, 0.3) is 5.91 Å². The average molecular weight is 291 g/mol. The third-order valence-corrected chi connectivity index (χ3v) is 3.95. The monoisotopic (exact) mass is 290 g/mol. The first-order valence-electron chi connectivity index (χ1n) is 7.45. The zero-order valence-electron chi connectivity index (χ0n) is 11.9. The van der Waals surface area contributed by atoms with E-state index in [4.69, 9.17) is 4.74 Å². The van der Waals surface area contributed by atoms with Crippen molar-refractivity contribution in [2.45, 2.75) is 57.6 Å². The molecule has 0 aromatic rings. The highest BCUT2D eigenvalue weighted by molar-refractivity contribution is 5.85. The fourth-order valence-electron chi connectivity index (χ4n) is 2.95. The van der Waals surface area contributed by atoms with Crippen LogP contribution in [0.3, 0.4) is 0 Å². The van der Waals surface area contributed by atoms with E-state index in [1.54, 1.807) is 0 Å². The zero-order chi connectivity index (χ0) is 12.8. The number of nitrogens with zero attached hydrogens (tertiary/aromatic N) is 1. The van der Waals surface area contributed by atoms with E-state index in [2.05, 4.69) is 17.1 Å². The van der Waals surface area contributed by atoms with Gasteiger partial charge in [-0.05, 0) is 51.6 Å². The summed E-state index contributed by atoms with van der Waals surface area (Å²) in [5.41, 5.74) is 0. The van der Waals surface area contributed by atoms with Gasteiger partial charge in [0, 0.05) is 19.2 Å². The van der Waals surface area contributed by atoms with E-state index < -0.39 is 0 Å². The molecule has 19 heavy (non-hydrogen) atoms. The SMILES string of the molecule is CCCN(C(=O)C1CCCCO1)C1CCNCC1.Cl. The van der Waals surface area contributed by atoms with Crippen LogP contribution in [0.1, 0.15) is 45.4 Å². The highest BCUT2D eigenvalue weighted by Crippen LogP contribution is 2.19. The van der Waals surface area contributed by atoms with E-state index >= 15 is 0 Å². The van der Waals surface area contributed by atoms with Gasteiger partial charge >= 0.3 is 0 Å². The summed E-state index contributed by atoms with van der Waals surface area (Å²) in [5, 5.41) is 3.36. The molecule has 5 heteroatoms. The lowest BCUT2D eigenvalue weighted by molar-refractivity contribution is -0.149. The minimum absolute atomic E-state index is 0. The van der Waals surface area contributed by atoms with Crippen LogP contribution in [-0.2, 0) is 9.53 Å². The number of ether oxygens (including phenoxy) is 1. The van der Waals surface area contributed by atoms with Crippen LogP contribution < -0.4 is 5.32 Å². The molecule has 2 aliphatic rings. The highest BCUT2D eigenvalue weighted by atomic mass is 35.5. The Hall–Kier alpha value is -0.320. The van der Waals surface area contributed by atoms with Crippen molar-refractivity contribution in [1.29, 1.82) is 0 Å². The molecule has 0 saturated carbocycles. The van der Waals surface area contributed by atoms with Crippen LogP contribution in [0.15, 0.2) is 0 Å². The number of hydrogen-bond donors (Lipinski definition) is 1. The van der Waals surface area contributed by atoms with Crippen molar-refractivity contribution in [3.8, 4) is 0 Å². The highest BCUT2D eigenvalue weighted by Gasteiger charge is 2.31. The average Bonchev–Trinajstić information content (AvgIpc) is 2.46. The maximum absolute atomic E-state index is 12.6.